The Morgan fingerprint density at radius 3 is 2.77 bits per heavy atom. The molecule has 0 saturated heterocycles. The normalized spacial score (nSPS) is 16.6. The molecule has 2 aromatic heterocycles. The summed E-state index contributed by atoms with van der Waals surface area (Å²) in [5.74, 6) is -0.439. The van der Waals surface area contributed by atoms with Crippen LogP contribution in [0.2, 0.25) is 0 Å². The molecule has 0 saturated carbocycles. The number of halogens is 1. The zero-order chi connectivity index (χ0) is 21.4. The van der Waals surface area contributed by atoms with Crippen LogP contribution in [0.25, 0.3) is 6.08 Å². The lowest BCUT2D eigenvalue weighted by Crippen LogP contribution is -2.39. The topological polar surface area (TPSA) is 60.7 Å². The predicted molar refractivity (Wildman–Crippen MR) is 123 cm³/mol. The van der Waals surface area contributed by atoms with Crippen molar-refractivity contribution in [3.05, 3.63) is 87.6 Å². The van der Waals surface area contributed by atoms with Gasteiger partial charge >= 0.3 is 5.97 Å². The number of hydrogen-bond donors (Lipinski definition) is 0. The van der Waals surface area contributed by atoms with Gasteiger partial charge in [0, 0.05) is 9.35 Å². The van der Waals surface area contributed by atoms with Crippen molar-refractivity contribution in [2.24, 2.45) is 4.99 Å². The van der Waals surface area contributed by atoms with Crippen LogP contribution >= 0.6 is 38.6 Å². The SMILES string of the molecule is CC1=C(C(=O)OC(C)C)[C@H](c2cccs2)n2c(s/c(=C/c3cccc(Br)c3)c2=O)=N1. The van der Waals surface area contributed by atoms with Crippen LogP contribution in [0.3, 0.4) is 0 Å². The van der Waals surface area contributed by atoms with E-state index in [9.17, 15) is 9.59 Å². The lowest BCUT2D eigenvalue weighted by Gasteiger charge is -2.24. The zero-order valence-electron chi connectivity index (χ0n) is 16.6. The van der Waals surface area contributed by atoms with Crippen LogP contribution in [0, 0.1) is 0 Å². The van der Waals surface area contributed by atoms with E-state index in [0.29, 0.717) is 20.6 Å². The number of thiazole rings is 1. The van der Waals surface area contributed by atoms with Gasteiger partial charge in [-0.25, -0.2) is 9.79 Å². The van der Waals surface area contributed by atoms with Gasteiger partial charge in [-0.05, 0) is 56.0 Å². The van der Waals surface area contributed by atoms with Crippen LogP contribution in [0.5, 0.6) is 0 Å². The number of hydrogen-bond acceptors (Lipinski definition) is 6. The van der Waals surface area contributed by atoms with Crippen LogP contribution in [0.1, 0.15) is 37.3 Å². The number of thiophene rings is 1. The minimum Gasteiger partial charge on any atom is -0.459 e. The minimum absolute atomic E-state index is 0.167. The molecule has 154 valence electrons. The van der Waals surface area contributed by atoms with Crippen LogP contribution in [0.4, 0.5) is 0 Å². The van der Waals surface area contributed by atoms with Crippen molar-refractivity contribution >= 4 is 50.6 Å². The summed E-state index contributed by atoms with van der Waals surface area (Å²) in [4.78, 5) is 32.4. The number of benzene rings is 1. The molecule has 4 rings (SSSR count). The zero-order valence-corrected chi connectivity index (χ0v) is 19.8. The lowest BCUT2D eigenvalue weighted by atomic mass is 10.0. The predicted octanol–water partition coefficient (Wildman–Crippen LogP) is 4.01. The highest BCUT2D eigenvalue weighted by Gasteiger charge is 2.34. The minimum atomic E-state index is -0.544. The first-order chi connectivity index (χ1) is 14.3. The van der Waals surface area contributed by atoms with Crippen molar-refractivity contribution in [1.82, 2.24) is 4.57 Å². The van der Waals surface area contributed by atoms with Crippen molar-refractivity contribution in [2.45, 2.75) is 32.9 Å². The number of fused-ring (bicyclic) bond motifs is 1. The molecule has 1 aromatic carbocycles. The van der Waals surface area contributed by atoms with Crippen molar-refractivity contribution in [2.75, 3.05) is 0 Å². The molecule has 3 heterocycles. The van der Waals surface area contributed by atoms with Crippen molar-refractivity contribution in [3.8, 4) is 0 Å². The number of allylic oxidation sites excluding steroid dienone is 1. The second kappa shape index (κ2) is 8.45. The van der Waals surface area contributed by atoms with E-state index in [1.54, 1.807) is 25.3 Å². The van der Waals surface area contributed by atoms with E-state index in [4.69, 9.17) is 4.74 Å². The molecule has 30 heavy (non-hydrogen) atoms. The standard InChI is InChI=1S/C22H19BrN2O3S2/c1-12(2)28-21(27)18-13(3)24-22-25(19(18)16-8-5-9-29-16)20(26)17(30-22)11-14-6-4-7-15(23)10-14/h4-12,19H,1-3H3/b17-11+/t19-/m0/s1. The average Bonchev–Trinajstić information content (AvgIpc) is 3.29. The molecule has 3 aromatic rings. The number of aromatic nitrogens is 1. The first-order valence-corrected chi connectivity index (χ1v) is 11.9. The second-order valence-electron chi connectivity index (χ2n) is 7.11. The van der Waals surface area contributed by atoms with E-state index in [1.807, 2.05) is 47.9 Å². The van der Waals surface area contributed by atoms with E-state index in [1.165, 1.54) is 22.7 Å². The lowest BCUT2D eigenvalue weighted by molar-refractivity contribution is -0.143. The monoisotopic (exact) mass is 502 g/mol. The van der Waals surface area contributed by atoms with Gasteiger partial charge in [-0.1, -0.05) is 45.5 Å². The molecule has 0 radical (unpaired) electrons. The van der Waals surface area contributed by atoms with Gasteiger partial charge in [0.15, 0.2) is 4.80 Å². The summed E-state index contributed by atoms with van der Waals surface area (Å²) in [5, 5.41) is 1.94. The van der Waals surface area contributed by atoms with Gasteiger partial charge in [-0.3, -0.25) is 9.36 Å². The van der Waals surface area contributed by atoms with Gasteiger partial charge in [-0.2, -0.15) is 0 Å². The van der Waals surface area contributed by atoms with E-state index in [0.717, 1.165) is 14.9 Å². The molecular weight excluding hydrogens is 484 g/mol. The smallest absolute Gasteiger partial charge is 0.338 e. The summed E-state index contributed by atoms with van der Waals surface area (Å²) in [7, 11) is 0. The third kappa shape index (κ3) is 3.99. The van der Waals surface area contributed by atoms with Crippen molar-refractivity contribution in [1.29, 1.82) is 0 Å². The fourth-order valence-corrected chi connectivity index (χ4v) is 5.61. The Bertz CT molecular complexity index is 1320. The summed E-state index contributed by atoms with van der Waals surface area (Å²) >= 11 is 6.29. The maximum absolute atomic E-state index is 13.4. The Morgan fingerprint density at radius 2 is 2.10 bits per heavy atom. The highest BCUT2D eigenvalue weighted by molar-refractivity contribution is 9.10. The Balaban J connectivity index is 1.93. The molecule has 0 amide bonds. The summed E-state index contributed by atoms with van der Waals surface area (Å²) < 4.78 is 8.61. The second-order valence-corrected chi connectivity index (χ2v) is 10.0. The van der Waals surface area contributed by atoms with E-state index in [2.05, 4.69) is 20.9 Å². The number of carbonyl (C=O) groups is 1. The third-order valence-electron chi connectivity index (χ3n) is 4.54. The Kier molecular flexibility index (Phi) is 5.90. The molecule has 8 heteroatoms. The Morgan fingerprint density at radius 1 is 1.30 bits per heavy atom. The molecule has 0 spiro atoms. The van der Waals surface area contributed by atoms with Crippen LogP contribution in [-0.2, 0) is 9.53 Å². The number of ether oxygens (including phenoxy) is 1. The highest BCUT2D eigenvalue weighted by atomic mass is 79.9. The summed E-state index contributed by atoms with van der Waals surface area (Å²) in [6, 6.07) is 11.1. The van der Waals surface area contributed by atoms with Gasteiger partial charge in [0.1, 0.15) is 6.04 Å². The Labute approximate surface area is 189 Å². The van der Waals surface area contributed by atoms with Gasteiger partial charge in [-0.15, -0.1) is 11.3 Å². The fourth-order valence-electron chi connectivity index (χ4n) is 3.32. The van der Waals surface area contributed by atoms with Crippen LogP contribution in [0.15, 0.2) is 67.3 Å². The maximum atomic E-state index is 13.4. The van der Waals surface area contributed by atoms with E-state index >= 15 is 0 Å². The van der Waals surface area contributed by atoms with Gasteiger partial charge < -0.3 is 4.74 Å². The quantitative estimate of drug-likeness (QED) is 0.506. The Hall–Kier alpha value is -2.29. The van der Waals surface area contributed by atoms with Crippen molar-refractivity contribution < 1.29 is 9.53 Å². The van der Waals surface area contributed by atoms with Gasteiger partial charge in [0.25, 0.3) is 5.56 Å². The van der Waals surface area contributed by atoms with Crippen LogP contribution < -0.4 is 14.9 Å². The molecule has 1 aliphatic heterocycles. The molecule has 0 fully saturated rings. The van der Waals surface area contributed by atoms with E-state index in [-0.39, 0.29) is 11.7 Å². The molecule has 1 atom stereocenters. The van der Waals surface area contributed by atoms with E-state index < -0.39 is 12.0 Å². The molecule has 0 aliphatic carbocycles. The van der Waals surface area contributed by atoms with Gasteiger partial charge in [0.2, 0.25) is 0 Å². The summed E-state index contributed by atoms with van der Waals surface area (Å²) in [6.07, 6.45) is 1.59. The molecular formula is C22H19BrN2O3S2. The molecule has 0 unspecified atom stereocenters. The van der Waals surface area contributed by atoms with Crippen molar-refractivity contribution in [3.63, 3.8) is 0 Å². The molecule has 0 N–H and O–H groups in total. The average molecular weight is 503 g/mol. The number of carbonyl (C=O) groups excluding carboxylic acids is 1. The molecule has 5 nitrogen and oxygen atoms in total. The number of rotatable bonds is 4. The molecule has 0 bridgehead atoms. The summed E-state index contributed by atoms with van der Waals surface area (Å²) in [6.45, 7) is 5.41. The first kappa shape index (κ1) is 21.0. The summed E-state index contributed by atoms with van der Waals surface area (Å²) in [5.41, 5.74) is 1.74. The fraction of sp³-hybridized carbons (Fsp3) is 0.227. The first-order valence-electron chi connectivity index (χ1n) is 9.37. The largest absolute Gasteiger partial charge is 0.459 e. The van der Waals surface area contributed by atoms with Gasteiger partial charge in [0.05, 0.1) is 21.9 Å². The number of esters is 1. The highest BCUT2D eigenvalue weighted by Crippen LogP contribution is 2.33. The van der Waals surface area contributed by atoms with Crippen LogP contribution in [-0.4, -0.2) is 16.6 Å². The third-order valence-corrected chi connectivity index (χ3v) is 6.94. The maximum Gasteiger partial charge on any atom is 0.338 e. The molecule has 1 aliphatic rings. The number of nitrogens with zero attached hydrogens (tertiary/aromatic N) is 2.